The summed E-state index contributed by atoms with van der Waals surface area (Å²) in [6, 6.07) is 28.0. The lowest BCUT2D eigenvalue weighted by atomic mass is 9.98. The summed E-state index contributed by atoms with van der Waals surface area (Å²) in [6.07, 6.45) is 3.13. The molecule has 1 amide bonds. The van der Waals surface area contributed by atoms with Gasteiger partial charge in [0.25, 0.3) is 0 Å². The molecule has 3 aromatic carbocycles. The summed E-state index contributed by atoms with van der Waals surface area (Å²) in [6.45, 7) is 3.61. The molecule has 4 aromatic rings. The molecule has 4 rings (SSSR count). The highest BCUT2D eigenvalue weighted by molar-refractivity contribution is 7.09. The Kier molecular flexibility index (Phi) is 9.66. The molecule has 192 valence electrons. The van der Waals surface area contributed by atoms with Gasteiger partial charge in [-0.1, -0.05) is 86.1 Å². The first-order chi connectivity index (χ1) is 18.2. The Morgan fingerprint density at radius 1 is 0.973 bits per heavy atom. The van der Waals surface area contributed by atoms with Gasteiger partial charge in [0.15, 0.2) is 0 Å². The SMILES string of the molecule is CCCCN(CCC(=O)NC(c1ccccc1)c1ccccc1)c1nc(Cc2cccc(OC)c2)ns1. The van der Waals surface area contributed by atoms with Gasteiger partial charge in [-0.2, -0.15) is 4.37 Å². The fourth-order valence-electron chi connectivity index (χ4n) is 4.18. The molecule has 0 saturated carbocycles. The second kappa shape index (κ2) is 13.6. The average Bonchev–Trinajstić information content (AvgIpc) is 3.41. The van der Waals surface area contributed by atoms with E-state index in [9.17, 15) is 4.79 Å². The van der Waals surface area contributed by atoms with Crippen LogP contribution in [0, 0.1) is 0 Å². The first-order valence-electron chi connectivity index (χ1n) is 12.8. The van der Waals surface area contributed by atoms with Crippen LogP contribution in [0.3, 0.4) is 0 Å². The van der Waals surface area contributed by atoms with Gasteiger partial charge < -0.3 is 15.0 Å². The molecule has 1 N–H and O–H groups in total. The van der Waals surface area contributed by atoms with Crippen LogP contribution < -0.4 is 15.0 Å². The topological polar surface area (TPSA) is 67.4 Å². The average molecular weight is 515 g/mol. The van der Waals surface area contributed by atoms with Crippen molar-refractivity contribution in [2.45, 2.75) is 38.6 Å². The maximum atomic E-state index is 13.1. The molecule has 7 heteroatoms. The van der Waals surface area contributed by atoms with Crippen molar-refractivity contribution in [3.63, 3.8) is 0 Å². The van der Waals surface area contributed by atoms with Crippen LogP contribution in [0.1, 0.15) is 54.7 Å². The van der Waals surface area contributed by atoms with Crippen molar-refractivity contribution in [2.24, 2.45) is 0 Å². The van der Waals surface area contributed by atoms with Crippen molar-refractivity contribution in [2.75, 3.05) is 25.1 Å². The van der Waals surface area contributed by atoms with Gasteiger partial charge in [0.2, 0.25) is 11.0 Å². The zero-order chi connectivity index (χ0) is 25.9. The number of ether oxygens (including phenoxy) is 1. The van der Waals surface area contributed by atoms with E-state index in [1.807, 2.05) is 54.6 Å². The number of hydrogen-bond donors (Lipinski definition) is 1. The van der Waals surface area contributed by atoms with Gasteiger partial charge in [0.05, 0.1) is 13.2 Å². The monoisotopic (exact) mass is 514 g/mol. The predicted molar refractivity (Wildman–Crippen MR) is 150 cm³/mol. The van der Waals surface area contributed by atoms with E-state index in [1.165, 1.54) is 11.5 Å². The molecular formula is C30H34N4O2S. The van der Waals surface area contributed by atoms with Gasteiger partial charge in [-0.15, -0.1) is 0 Å². The van der Waals surface area contributed by atoms with Gasteiger partial charge in [-0.3, -0.25) is 4.79 Å². The van der Waals surface area contributed by atoms with E-state index in [4.69, 9.17) is 9.72 Å². The van der Waals surface area contributed by atoms with E-state index >= 15 is 0 Å². The Labute approximate surface area is 223 Å². The maximum Gasteiger partial charge on any atom is 0.222 e. The molecule has 6 nitrogen and oxygen atoms in total. The minimum atomic E-state index is -0.185. The highest BCUT2D eigenvalue weighted by Gasteiger charge is 2.19. The zero-order valence-electron chi connectivity index (χ0n) is 21.5. The van der Waals surface area contributed by atoms with Gasteiger partial charge in [-0.25, -0.2) is 4.98 Å². The fourth-order valence-corrected chi connectivity index (χ4v) is 4.92. The summed E-state index contributed by atoms with van der Waals surface area (Å²) < 4.78 is 9.93. The van der Waals surface area contributed by atoms with Crippen LogP contribution in [0.5, 0.6) is 5.75 Å². The minimum absolute atomic E-state index is 0.0142. The molecule has 0 unspecified atom stereocenters. The molecule has 0 aliphatic heterocycles. The Morgan fingerprint density at radius 2 is 1.68 bits per heavy atom. The molecule has 0 spiro atoms. The van der Waals surface area contributed by atoms with Crippen molar-refractivity contribution in [1.82, 2.24) is 14.7 Å². The smallest absolute Gasteiger partial charge is 0.222 e. The maximum absolute atomic E-state index is 13.1. The van der Waals surface area contributed by atoms with Gasteiger partial charge in [0.1, 0.15) is 11.6 Å². The molecule has 0 fully saturated rings. The number of rotatable bonds is 13. The molecule has 0 bridgehead atoms. The standard InChI is InChI=1S/C30H34N4O2S/c1-3-4-19-34(30-31-27(33-37-30)22-23-12-11-17-26(21-23)36-2)20-18-28(35)32-29(24-13-7-5-8-14-24)25-15-9-6-10-16-25/h5-17,21,29H,3-4,18-20,22H2,1-2H3,(H,32,35). The summed E-state index contributed by atoms with van der Waals surface area (Å²) in [4.78, 5) is 20.1. The molecule has 0 saturated heterocycles. The molecule has 37 heavy (non-hydrogen) atoms. The minimum Gasteiger partial charge on any atom is -0.497 e. The molecule has 0 aliphatic rings. The Morgan fingerprint density at radius 3 is 2.32 bits per heavy atom. The number of carbonyl (C=O) groups excluding carboxylic acids is 1. The zero-order valence-corrected chi connectivity index (χ0v) is 22.3. The molecule has 1 heterocycles. The first kappa shape index (κ1) is 26.4. The summed E-state index contributed by atoms with van der Waals surface area (Å²) in [5.41, 5.74) is 3.24. The van der Waals surface area contributed by atoms with Crippen molar-refractivity contribution in [3.8, 4) is 5.75 Å². The van der Waals surface area contributed by atoms with E-state index in [-0.39, 0.29) is 11.9 Å². The van der Waals surface area contributed by atoms with Gasteiger partial charge >= 0.3 is 0 Å². The summed E-state index contributed by atoms with van der Waals surface area (Å²) >= 11 is 1.40. The molecular weight excluding hydrogens is 480 g/mol. The third-order valence-corrected chi connectivity index (χ3v) is 7.00. The number of carbonyl (C=O) groups is 1. The van der Waals surface area contributed by atoms with E-state index in [0.717, 1.165) is 52.8 Å². The number of amides is 1. The lowest BCUT2D eigenvalue weighted by Crippen LogP contribution is -2.34. The Hall–Kier alpha value is -3.71. The Bertz CT molecular complexity index is 1210. The Balaban J connectivity index is 1.42. The number of anilines is 1. The van der Waals surface area contributed by atoms with E-state index in [1.54, 1.807) is 7.11 Å². The molecule has 1 aromatic heterocycles. The number of hydrogen-bond acceptors (Lipinski definition) is 6. The molecule has 0 radical (unpaired) electrons. The van der Waals surface area contributed by atoms with Crippen LogP contribution in [-0.4, -0.2) is 35.5 Å². The number of nitrogens with one attached hydrogen (secondary N) is 1. The summed E-state index contributed by atoms with van der Waals surface area (Å²) in [5, 5.41) is 4.11. The second-order valence-electron chi connectivity index (χ2n) is 8.93. The normalized spacial score (nSPS) is 10.9. The van der Waals surface area contributed by atoms with Crippen LogP contribution in [0.25, 0.3) is 0 Å². The number of aromatic nitrogens is 2. The van der Waals surface area contributed by atoms with E-state index < -0.39 is 0 Å². The van der Waals surface area contributed by atoms with Crippen LogP contribution in [0.4, 0.5) is 5.13 Å². The van der Waals surface area contributed by atoms with E-state index in [0.29, 0.717) is 19.4 Å². The van der Waals surface area contributed by atoms with Crippen LogP contribution in [-0.2, 0) is 11.2 Å². The third-order valence-electron chi connectivity index (χ3n) is 6.19. The lowest BCUT2D eigenvalue weighted by molar-refractivity contribution is -0.121. The van der Waals surface area contributed by atoms with Crippen molar-refractivity contribution in [3.05, 3.63) is 107 Å². The van der Waals surface area contributed by atoms with Crippen molar-refractivity contribution in [1.29, 1.82) is 0 Å². The van der Waals surface area contributed by atoms with E-state index in [2.05, 4.69) is 51.8 Å². The molecule has 0 aliphatic carbocycles. The van der Waals surface area contributed by atoms with Crippen LogP contribution in [0.2, 0.25) is 0 Å². The number of unbranched alkanes of at least 4 members (excludes halogenated alkanes) is 1. The fraction of sp³-hybridized carbons (Fsp3) is 0.300. The van der Waals surface area contributed by atoms with Crippen LogP contribution >= 0.6 is 11.5 Å². The highest BCUT2D eigenvalue weighted by Crippen LogP contribution is 2.23. The first-order valence-corrected chi connectivity index (χ1v) is 13.5. The largest absolute Gasteiger partial charge is 0.497 e. The predicted octanol–water partition coefficient (Wildman–Crippen LogP) is 6.04. The van der Waals surface area contributed by atoms with Crippen molar-refractivity contribution < 1.29 is 9.53 Å². The highest BCUT2D eigenvalue weighted by atomic mass is 32.1. The van der Waals surface area contributed by atoms with Crippen molar-refractivity contribution >= 4 is 22.6 Å². The number of benzene rings is 3. The number of methoxy groups -OCH3 is 1. The quantitative estimate of drug-likeness (QED) is 0.236. The lowest BCUT2D eigenvalue weighted by Gasteiger charge is -2.23. The molecule has 0 atom stereocenters. The summed E-state index contributed by atoms with van der Waals surface area (Å²) in [7, 11) is 1.67. The van der Waals surface area contributed by atoms with Gasteiger partial charge in [-0.05, 0) is 35.2 Å². The number of nitrogens with zero attached hydrogens (tertiary/aromatic N) is 3. The van der Waals surface area contributed by atoms with Gasteiger partial charge in [0, 0.05) is 37.5 Å². The third kappa shape index (κ3) is 7.64. The summed E-state index contributed by atoms with van der Waals surface area (Å²) in [5.74, 6) is 1.63. The van der Waals surface area contributed by atoms with Crippen LogP contribution in [0.15, 0.2) is 84.9 Å². The second-order valence-corrected chi connectivity index (χ2v) is 9.66.